The smallest absolute Gasteiger partial charge is 0.128 e. The van der Waals surface area contributed by atoms with Gasteiger partial charge in [0, 0.05) is 17.3 Å². The zero-order chi connectivity index (χ0) is 13.2. The van der Waals surface area contributed by atoms with E-state index in [2.05, 4.69) is 17.4 Å². The summed E-state index contributed by atoms with van der Waals surface area (Å²) in [6.07, 6.45) is 7.65. The summed E-state index contributed by atoms with van der Waals surface area (Å²) in [6, 6.07) is 8.16. The fraction of sp³-hybridized carbons (Fsp3) is 0.333. The SMILES string of the molecule is COc1cc(C#N)ccc1-c1cnn(C2CCC2)c1. The third-order valence-electron chi connectivity index (χ3n) is 3.69. The lowest BCUT2D eigenvalue weighted by Gasteiger charge is -2.25. The van der Waals surface area contributed by atoms with Crippen LogP contribution in [0.5, 0.6) is 5.75 Å². The predicted molar refractivity (Wildman–Crippen MR) is 71.8 cm³/mol. The number of hydrogen-bond acceptors (Lipinski definition) is 3. The molecule has 0 atom stereocenters. The number of benzene rings is 1. The Hall–Kier alpha value is -2.28. The lowest BCUT2D eigenvalue weighted by atomic mass is 9.93. The number of aromatic nitrogens is 2. The topological polar surface area (TPSA) is 50.8 Å². The Morgan fingerprint density at radius 1 is 1.42 bits per heavy atom. The third kappa shape index (κ3) is 2.08. The van der Waals surface area contributed by atoms with Crippen molar-refractivity contribution in [3.63, 3.8) is 0 Å². The third-order valence-corrected chi connectivity index (χ3v) is 3.69. The number of hydrogen-bond donors (Lipinski definition) is 0. The molecule has 0 N–H and O–H groups in total. The molecule has 1 saturated carbocycles. The molecule has 96 valence electrons. The number of methoxy groups -OCH3 is 1. The molecule has 4 heteroatoms. The van der Waals surface area contributed by atoms with Crippen LogP contribution in [0.15, 0.2) is 30.6 Å². The minimum atomic E-state index is 0.554. The fourth-order valence-corrected chi connectivity index (χ4v) is 2.33. The summed E-state index contributed by atoms with van der Waals surface area (Å²) in [7, 11) is 1.62. The molecule has 1 aromatic heterocycles. The van der Waals surface area contributed by atoms with E-state index in [-0.39, 0.29) is 0 Å². The van der Waals surface area contributed by atoms with E-state index in [1.807, 2.05) is 16.9 Å². The van der Waals surface area contributed by atoms with E-state index in [1.165, 1.54) is 19.3 Å². The molecule has 1 heterocycles. The summed E-state index contributed by atoms with van der Waals surface area (Å²) >= 11 is 0. The highest BCUT2D eigenvalue weighted by Gasteiger charge is 2.20. The number of rotatable bonds is 3. The first kappa shape index (κ1) is 11.8. The Morgan fingerprint density at radius 3 is 2.89 bits per heavy atom. The molecule has 4 nitrogen and oxygen atoms in total. The standard InChI is InChI=1S/C15H15N3O/c1-19-15-7-11(8-16)5-6-14(15)12-9-17-18(10-12)13-3-2-4-13/h5-7,9-10,13H,2-4H2,1H3. The molecule has 1 aliphatic carbocycles. The van der Waals surface area contributed by atoms with Gasteiger partial charge in [-0.3, -0.25) is 4.68 Å². The summed E-state index contributed by atoms with van der Waals surface area (Å²) in [5, 5.41) is 13.3. The summed E-state index contributed by atoms with van der Waals surface area (Å²) in [5.74, 6) is 0.715. The second kappa shape index (κ2) is 4.77. The highest BCUT2D eigenvalue weighted by Crippen LogP contribution is 2.34. The monoisotopic (exact) mass is 253 g/mol. The zero-order valence-corrected chi connectivity index (χ0v) is 10.8. The second-order valence-electron chi connectivity index (χ2n) is 4.82. The Balaban J connectivity index is 1.97. The van der Waals surface area contributed by atoms with E-state index in [0.717, 1.165) is 11.1 Å². The van der Waals surface area contributed by atoms with Gasteiger partial charge < -0.3 is 4.74 Å². The Kier molecular flexibility index (Phi) is 2.96. The molecule has 0 unspecified atom stereocenters. The summed E-state index contributed by atoms with van der Waals surface area (Å²) in [6.45, 7) is 0. The molecule has 1 fully saturated rings. The molecule has 0 spiro atoms. The van der Waals surface area contributed by atoms with Gasteiger partial charge in [-0.15, -0.1) is 0 Å². The highest BCUT2D eigenvalue weighted by molar-refractivity contribution is 5.70. The largest absolute Gasteiger partial charge is 0.496 e. The lowest BCUT2D eigenvalue weighted by molar-refractivity contribution is 0.289. The molecule has 3 rings (SSSR count). The maximum atomic E-state index is 8.91. The number of nitriles is 1. The van der Waals surface area contributed by atoms with Crippen molar-refractivity contribution in [1.29, 1.82) is 5.26 Å². The lowest BCUT2D eigenvalue weighted by Crippen LogP contribution is -2.16. The van der Waals surface area contributed by atoms with Gasteiger partial charge in [0.05, 0.1) is 31.0 Å². The molecular formula is C15H15N3O. The first-order chi connectivity index (χ1) is 9.31. The number of nitrogens with zero attached hydrogens (tertiary/aromatic N) is 3. The van der Waals surface area contributed by atoms with E-state index in [9.17, 15) is 0 Å². The first-order valence-electron chi connectivity index (χ1n) is 6.44. The summed E-state index contributed by atoms with van der Waals surface area (Å²) in [4.78, 5) is 0. The molecule has 2 aromatic rings. The van der Waals surface area contributed by atoms with Crippen molar-refractivity contribution in [2.24, 2.45) is 0 Å². The van der Waals surface area contributed by atoms with Crippen LogP contribution in [-0.2, 0) is 0 Å². The second-order valence-corrected chi connectivity index (χ2v) is 4.82. The number of ether oxygens (including phenoxy) is 1. The van der Waals surface area contributed by atoms with Gasteiger partial charge in [0.15, 0.2) is 0 Å². The van der Waals surface area contributed by atoms with Crippen molar-refractivity contribution >= 4 is 0 Å². The fourth-order valence-electron chi connectivity index (χ4n) is 2.33. The molecule has 1 aliphatic rings. The van der Waals surface area contributed by atoms with Gasteiger partial charge in [0.25, 0.3) is 0 Å². The van der Waals surface area contributed by atoms with Crippen LogP contribution in [0.4, 0.5) is 0 Å². The minimum Gasteiger partial charge on any atom is -0.496 e. The van der Waals surface area contributed by atoms with Gasteiger partial charge in [0.1, 0.15) is 5.75 Å². The van der Waals surface area contributed by atoms with Crippen LogP contribution in [0.3, 0.4) is 0 Å². The summed E-state index contributed by atoms with van der Waals surface area (Å²) < 4.78 is 7.40. The molecule has 1 aromatic carbocycles. The highest BCUT2D eigenvalue weighted by atomic mass is 16.5. The van der Waals surface area contributed by atoms with Crippen LogP contribution in [0.2, 0.25) is 0 Å². The molecule has 0 aliphatic heterocycles. The van der Waals surface area contributed by atoms with Gasteiger partial charge in [-0.25, -0.2) is 0 Å². The molecule has 0 amide bonds. The maximum Gasteiger partial charge on any atom is 0.128 e. The van der Waals surface area contributed by atoms with Gasteiger partial charge in [-0.05, 0) is 37.5 Å². The molecule has 0 bridgehead atoms. The Labute approximate surface area is 112 Å². The zero-order valence-electron chi connectivity index (χ0n) is 10.8. The van der Waals surface area contributed by atoms with Crippen LogP contribution in [0.1, 0.15) is 30.9 Å². The van der Waals surface area contributed by atoms with E-state index in [0.29, 0.717) is 17.4 Å². The summed E-state index contributed by atoms with van der Waals surface area (Å²) in [5.41, 5.74) is 2.62. The van der Waals surface area contributed by atoms with Crippen molar-refractivity contribution in [3.8, 4) is 22.9 Å². The van der Waals surface area contributed by atoms with Crippen LogP contribution >= 0.6 is 0 Å². The maximum absolute atomic E-state index is 8.91. The van der Waals surface area contributed by atoms with Crippen LogP contribution in [0, 0.1) is 11.3 Å². The van der Waals surface area contributed by atoms with Crippen LogP contribution in [-0.4, -0.2) is 16.9 Å². The van der Waals surface area contributed by atoms with Crippen molar-refractivity contribution in [1.82, 2.24) is 9.78 Å². The van der Waals surface area contributed by atoms with Crippen molar-refractivity contribution < 1.29 is 4.74 Å². The molecule has 0 saturated heterocycles. The van der Waals surface area contributed by atoms with Crippen molar-refractivity contribution in [2.75, 3.05) is 7.11 Å². The van der Waals surface area contributed by atoms with E-state index in [4.69, 9.17) is 10.00 Å². The van der Waals surface area contributed by atoms with Gasteiger partial charge in [0.2, 0.25) is 0 Å². The van der Waals surface area contributed by atoms with Gasteiger partial charge >= 0.3 is 0 Å². The Morgan fingerprint density at radius 2 is 2.26 bits per heavy atom. The van der Waals surface area contributed by atoms with E-state index >= 15 is 0 Å². The van der Waals surface area contributed by atoms with Crippen molar-refractivity contribution in [2.45, 2.75) is 25.3 Å². The Bertz CT molecular complexity index is 635. The van der Waals surface area contributed by atoms with Crippen LogP contribution in [0.25, 0.3) is 11.1 Å². The van der Waals surface area contributed by atoms with Gasteiger partial charge in [-0.2, -0.15) is 10.4 Å². The molecule has 19 heavy (non-hydrogen) atoms. The minimum absolute atomic E-state index is 0.554. The molecular weight excluding hydrogens is 238 g/mol. The van der Waals surface area contributed by atoms with Gasteiger partial charge in [-0.1, -0.05) is 0 Å². The van der Waals surface area contributed by atoms with E-state index in [1.54, 1.807) is 19.2 Å². The van der Waals surface area contributed by atoms with E-state index < -0.39 is 0 Å². The first-order valence-corrected chi connectivity index (χ1v) is 6.44. The average molecular weight is 253 g/mol. The normalized spacial score (nSPS) is 14.7. The van der Waals surface area contributed by atoms with Crippen molar-refractivity contribution in [3.05, 3.63) is 36.2 Å². The average Bonchev–Trinajstić information content (AvgIpc) is 2.85. The van der Waals surface area contributed by atoms with Crippen LogP contribution < -0.4 is 4.74 Å². The predicted octanol–water partition coefficient (Wildman–Crippen LogP) is 3.16. The molecule has 0 radical (unpaired) electrons. The quantitative estimate of drug-likeness (QED) is 0.844.